The molecule has 3 aromatic rings. The Kier molecular flexibility index (Phi) is 6.36. The van der Waals surface area contributed by atoms with Crippen molar-refractivity contribution in [3.8, 4) is 11.1 Å². The SMILES string of the molecule is Cc1ccc(C(=O)NC2CC2)cc1-c1ccc2c(N3C[C@@H](C)N(CC(F)(F)F)C[C@@H]3C)nncc2c1. The number of fused-ring (bicyclic) bond motifs is 1. The number of amides is 1. The third kappa shape index (κ3) is 5.16. The molecule has 9 heteroatoms. The second-order valence-electron chi connectivity index (χ2n) is 10.1. The number of nitrogens with zero attached hydrogens (tertiary/aromatic N) is 4. The van der Waals surface area contributed by atoms with Crippen LogP contribution in [-0.2, 0) is 0 Å². The van der Waals surface area contributed by atoms with E-state index in [2.05, 4.69) is 20.4 Å². The highest BCUT2D eigenvalue weighted by Gasteiger charge is 2.38. The van der Waals surface area contributed by atoms with Crippen molar-refractivity contribution in [1.82, 2.24) is 20.4 Å². The van der Waals surface area contributed by atoms with Crippen LogP contribution in [0.5, 0.6) is 0 Å². The van der Waals surface area contributed by atoms with Crippen LogP contribution in [0.1, 0.15) is 42.6 Å². The zero-order chi connectivity index (χ0) is 25.6. The molecule has 1 saturated carbocycles. The maximum Gasteiger partial charge on any atom is 0.401 e. The Morgan fingerprint density at radius 1 is 1.08 bits per heavy atom. The van der Waals surface area contributed by atoms with E-state index in [1.54, 1.807) is 6.20 Å². The van der Waals surface area contributed by atoms with Gasteiger partial charge in [0.2, 0.25) is 0 Å². The Morgan fingerprint density at radius 2 is 1.86 bits per heavy atom. The summed E-state index contributed by atoms with van der Waals surface area (Å²) in [6.45, 7) is 5.58. The molecule has 2 heterocycles. The fraction of sp³-hybridized carbons (Fsp3) is 0.444. The highest BCUT2D eigenvalue weighted by molar-refractivity contribution is 5.98. The molecule has 0 bridgehead atoms. The number of piperazine rings is 1. The predicted molar refractivity (Wildman–Crippen MR) is 134 cm³/mol. The maximum absolute atomic E-state index is 13.0. The topological polar surface area (TPSA) is 61.4 Å². The van der Waals surface area contributed by atoms with Crippen LogP contribution in [0.2, 0.25) is 0 Å². The molecule has 2 atom stereocenters. The largest absolute Gasteiger partial charge is 0.401 e. The second kappa shape index (κ2) is 9.35. The van der Waals surface area contributed by atoms with E-state index >= 15 is 0 Å². The number of nitrogens with one attached hydrogen (secondary N) is 1. The molecule has 1 saturated heterocycles. The van der Waals surface area contributed by atoms with Crippen molar-refractivity contribution in [2.24, 2.45) is 0 Å². The third-order valence-corrected chi connectivity index (χ3v) is 7.13. The van der Waals surface area contributed by atoms with Gasteiger partial charge in [0.15, 0.2) is 5.82 Å². The average molecular weight is 498 g/mol. The molecule has 1 aromatic heterocycles. The van der Waals surface area contributed by atoms with Crippen LogP contribution in [0.4, 0.5) is 19.0 Å². The van der Waals surface area contributed by atoms with Gasteiger partial charge >= 0.3 is 6.18 Å². The van der Waals surface area contributed by atoms with Crippen molar-refractivity contribution in [3.63, 3.8) is 0 Å². The minimum Gasteiger partial charge on any atom is -0.349 e. The van der Waals surface area contributed by atoms with Crippen molar-refractivity contribution in [2.75, 3.05) is 24.5 Å². The molecule has 2 aromatic carbocycles. The highest BCUT2D eigenvalue weighted by atomic mass is 19.4. The van der Waals surface area contributed by atoms with E-state index in [1.165, 1.54) is 4.90 Å². The molecule has 1 aliphatic carbocycles. The van der Waals surface area contributed by atoms with Gasteiger partial charge in [-0.15, -0.1) is 5.10 Å². The molecule has 190 valence electrons. The van der Waals surface area contributed by atoms with Crippen LogP contribution in [-0.4, -0.2) is 64.9 Å². The van der Waals surface area contributed by atoms with E-state index in [1.807, 2.05) is 57.2 Å². The summed E-state index contributed by atoms with van der Waals surface area (Å²) in [5.74, 6) is 0.625. The number of alkyl halides is 3. The smallest absolute Gasteiger partial charge is 0.349 e. The van der Waals surface area contributed by atoms with Crippen molar-refractivity contribution >= 4 is 22.5 Å². The van der Waals surface area contributed by atoms with Gasteiger partial charge in [0, 0.05) is 47.6 Å². The second-order valence-corrected chi connectivity index (χ2v) is 10.1. The molecule has 5 rings (SSSR count). The fourth-order valence-corrected chi connectivity index (χ4v) is 4.97. The van der Waals surface area contributed by atoms with Crippen LogP contribution in [0.25, 0.3) is 21.9 Å². The lowest BCUT2D eigenvalue weighted by Crippen LogP contribution is -2.58. The zero-order valence-electron chi connectivity index (χ0n) is 20.6. The standard InChI is InChI=1S/C27H30F3N5O/c1-16-4-5-20(26(36)32-22-7-8-22)11-24(16)19-6-9-23-21(10-19)12-31-33-25(23)35-14-17(2)34(13-18(35)3)15-27(28,29)30/h4-6,9-12,17-18,22H,7-8,13-15H2,1-3H3,(H,32,36)/t17-,18+/m1/s1. The molecule has 1 N–H and O–H groups in total. The van der Waals surface area contributed by atoms with Gasteiger partial charge in [-0.3, -0.25) is 9.69 Å². The Morgan fingerprint density at radius 3 is 2.58 bits per heavy atom. The first-order chi connectivity index (χ1) is 17.1. The Labute approximate surface area is 208 Å². The van der Waals surface area contributed by atoms with Gasteiger partial charge in [-0.2, -0.15) is 18.3 Å². The molecule has 2 aliphatic rings. The molecule has 1 aliphatic heterocycles. The van der Waals surface area contributed by atoms with E-state index in [0.717, 1.165) is 40.3 Å². The van der Waals surface area contributed by atoms with Crippen molar-refractivity contribution in [2.45, 2.75) is 57.9 Å². The summed E-state index contributed by atoms with van der Waals surface area (Å²) in [6.07, 6.45) is -0.449. The number of anilines is 1. The first kappa shape index (κ1) is 24.5. The van der Waals surface area contributed by atoms with Gasteiger partial charge in [0.25, 0.3) is 5.91 Å². The Bertz CT molecular complexity index is 1290. The molecule has 0 radical (unpaired) electrons. The van der Waals surface area contributed by atoms with E-state index in [0.29, 0.717) is 30.5 Å². The molecule has 2 fully saturated rings. The number of aromatic nitrogens is 2. The van der Waals surface area contributed by atoms with Crippen LogP contribution < -0.4 is 10.2 Å². The number of rotatable bonds is 5. The minimum atomic E-state index is -4.22. The lowest BCUT2D eigenvalue weighted by atomic mass is 9.96. The average Bonchev–Trinajstić information content (AvgIpc) is 3.64. The number of benzene rings is 2. The van der Waals surface area contributed by atoms with Gasteiger partial charge in [0.1, 0.15) is 0 Å². The van der Waals surface area contributed by atoms with E-state index in [-0.39, 0.29) is 18.0 Å². The molecule has 0 spiro atoms. The third-order valence-electron chi connectivity index (χ3n) is 7.13. The number of aryl methyl sites for hydroxylation is 1. The van der Waals surface area contributed by atoms with Gasteiger partial charge in [-0.1, -0.05) is 12.1 Å². The molecular weight excluding hydrogens is 467 g/mol. The first-order valence-electron chi connectivity index (χ1n) is 12.3. The summed E-state index contributed by atoms with van der Waals surface area (Å²) in [5.41, 5.74) is 3.64. The number of halogens is 3. The molecule has 1 amide bonds. The lowest BCUT2D eigenvalue weighted by molar-refractivity contribution is -0.152. The number of carbonyl (C=O) groups is 1. The predicted octanol–water partition coefficient (Wildman–Crippen LogP) is 4.96. The van der Waals surface area contributed by atoms with Crippen molar-refractivity contribution < 1.29 is 18.0 Å². The van der Waals surface area contributed by atoms with E-state index in [9.17, 15) is 18.0 Å². The van der Waals surface area contributed by atoms with Crippen LogP contribution in [0.15, 0.2) is 42.6 Å². The molecule has 36 heavy (non-hydrogen) atoms. The minimum absolute atomic E-state index is 0.0551. The summed E-state index contributed by atoms with van der Waals surface area (Å²) in [5, 5.41) is 13.4. The van der Waals surface area contributed by atoms with Crippen LogP contribution >= 0.6 is 0 Å². The fourth-order valence-electron chi connectivity index (χ4n) is 4.97. The molecule has 0 unspecified atom stereocenters. The zero-order valence-corrected chi connectivity index (χ0v) is 20.6. The van der Waals surface area contributed by atoms with Crippen molar-refractivity contribution in [3.05, 3.63) is 53.7 Å². The number of carbonyl (C=O) groups excluding carboxylic acids is 1. The quantitative estimate of drug-likeness (QED) is 0.540. The first-order valence-corrected chi connectivity index (χ1v) is 12.3. The summed E-state index contributed by atoms with van der Waals surface area (Å²) in [4.78, 5) is 16.1. The van der Waals surface area contributed by atoms with E-state index in [4.69, 9.17) is 0 Å². The molecular formula is C27H30F3N5O. The van der Waals surface area contributed by atoms with Gasteiger partial charge in [0.05, 0.1) is 12.7 Å². The lowest BCUT2D eigenvalue weighted by Gasteiger charge is -2.44. The number of hydrogen-bond donors (Lipinski definition) is 1. The highest BCUT2D eigenvalue weighted by Crippen LogP contribution is 2.33. The van der Waals surface area contributed by atoms with Crippen LogP contribution in [0, 0.1) is 6.92 Å². The number of hydrogen-bond acceptors (Lipinski definition) is 5. The summed E-state index contributed by atoms with van der Waals surface area (Å²) >= 11 is 0. The monoisotopic (exact) mass is 497 g/mol. The van der Waals surface area contributed by atoms with Crippen molar-refractivity contribution in [1.29, 1.82) is 0 Å². The molecule has 6 nitrogen and oxygen atoms in total. The van der Waals surface area contributed by atoms with E-state index < -0.39 is 12.7 Å². The maximum atomic E-state index is 13.0. The van der Waals surface area contributed by atoms with Gasteiger partial charge < -0.3 is 10.2 Å². The Hall–Kier alpha value is -3.20. The van der Waals surface area contributed by atoms with Crippen LogP contribution in [0.3, 0.4) is 0 Å². The van der Waals surface area contributed by atoms with Gasteiger partial charge in [-0.05, 0) is 74.6 Å². The normalized spacial score (nSPS) is 21.1. The summed E-state index contributed by atoms with van der Waals surface area (Å²) in [6, 6.07) is 11.6. The van der Waals surface area contributed by atoms with Gasteiger partial charge in [-0.25, -0.2) is 0 Å². The Balaban J connectivity index is 1.43. The summed E-state index contributed by atoms with van der Waals surface area (Å²) in [7, 11) is 0. The summed E-state index contributed by atoms with van der Waals surface area (Å²) < 4.78 is 39.0.